The van der Waals surface area contributed by atoms with Crippen molar-refractivity contribution in [2.75, 3.05) is 14.2 Å². The minimum atomic E-state index is -0.176. The zero-order valence-corrected chi connectivity index (χ0v) is 12.9. The number of rotatable bonds is 5. The van der Waals surface area contributed by atoms with Crippen molar-refractivity contribution in [1.82, 2.24) is 15.5 Å². The normalized spacial score (nSPS) is 10.5. The van der Waals surface area contributed by atoms with E-state index in [1.807, 2.05) is 30.3 Å². The molecule has 0 aliphatic rings. The van der Waals surface area contributed by atoms with Crippen LogP contribution in [0, 0.1) is 0 Å². The van der Waals surface area contributed by atoms with Gasteiger partial charge in [-0.05, 0) is 12.1 Å². The molecule has 6 heteroatoms. The molecule has 2 aromatic carbocycles. The number of carbonyl (C=O) groups excluding carboxylic acids is 1. The Labute approximate surface area is 133 Å². The Bertz CT molecular complexity index is 842. The Morgan fingerprint density at radius 1 is 1.17 bits per heavy atom. The van der Waals surface area contributed by atoms with Crippen LogP contribution in [0.25, 0.3) is 10.9 Å². The van der Waals surface area contributed by atoms with Crippen LogP contribution in [0.1, 0.15) is 15.9 Å². The number of hydrogen-bond donors (Lipinski definition) is 2. The maximum atomic E-state index is 12.5. The van der Waals surface area contributed by atoms with Gasteiger partial charge in [0.1, 0.15) is 0 Å². The summed E-state index contributed by atoms with van der Waals surface area (Å²) in [4.78, 5) is 12.5. The van der Waals surface area contributed by atoms with Crippen molar-refractivity contribution in [3.8, 4) is 11.5 Å². The average Bonchev–Trinajstić information content (AvgIpc) is 3.07. The summed E-state index contributed by atoms with van der Waals surface area (Å²) in [6.45, 7) is 0.337. The molecule has 2 N–H and O–H groups in total. The molecule has 0 aliphatic heterocycles. The van der Waals surface area contributed by atoms with E-state index in [4.69, 9.17) is 9.47 Å². The van der Waals surface area contributed by atoms with Gasteiger partial charge < -0.3 is 14.8 Å². The number of aromatic amines is 1. The third-order valence-corrected chi connectivity index (χ3v) is 3.65. The van der Waals surface area contributed by atoms with Crippen LogP contribution in [0.5, 0.6) is 11.5 Å². The van der Waals surface area contributed by atoms with Gasteiger partial charge in [0.15, 0.2) is 11.5 Å². The molecule has 3 rings (SSSR count). The van der Waals surface area contributed by atoms with Crippen LogP contribution >= 0.6 is 0 Å². The molecular formula is C17H17N3O3. The third-order valence-electron chi connectivity index (χ3n) is 3.65. The maximum absolute atomic E-state index is 12.5. The second kappa shape index (κ2) is 6.39. The second-order valence-corrected chi connectivity index (χ2v) is 4.98. The van der Waals surface area contributed by atoms with Crippen molar-refractivity contribution in [3.63, 3.8) is 0 Å². The average molecular weight is 311 g/mol. The van der Waals surface area contributed by atoms with Gasteiger partial charge in [0.2, 0.25) is 0 Å². The molecule has 1 amide bonds. The largest absolute Gasteiger partial charge is 0.493 e. The molecule has 0 spiro atoms. The Kier molecular flexibility index (Phi) is 4.14. The first kappa shape index (κ1) is 14.9. The van der Waals surface area contributed by atoms with Crippen LogP contribution in [-0.4, -0.2) is 30.3 Å². The SMILES string of the molecule is COc1cccc(CNC(=O)c2cccc3cn[nH]c23)c1OC. The van der Waals surface area contributed by atoms with E-state index in [2.05, 4.69) is 15.5 Å². The summed E-state index contributed by atoms with van der Waals surface area (Å²) in [5, 5.41) is 10.6. The molecular weight excluding hydrogens is 294 g/mol. The van der Waals surface area contributed by atoms with E-state index in [1.54, 1.807) is 26.5 Å². The predicted molar refractivity (Wildman–Crippen MR) is 86.8 cm³/mol. The van der Waals surface area contributed by atoms with Gasteiger partial charge >= 0.3 is 0 Å². The quantitative estimate of drug-likeness (QED) is 0.759. The molecule has 0 saturated carbocycles. The van der Waals surface area contributed by atoms with Gasteiger partial charge in [0, 0.05) is 17.5 Å². The van der Waals surface area contributed by atoms with Crippen molar-refractivity contribution >= 4 is 16.8 Å². The Hall–Kier alpha value is -3.02. The van der Waals surface area contributed by atoms with E-state index in [0.29, 0.717) is 23.6 Å². The summed E-state index contributed by atoms with van der Waals surface area (Å²) in [5.41, 5.74) is 2.13. The summed E-state index contributed by atoms with van der Waals surface area (Å²) in [6.07, 6.45) is 1.69. The summed E-state index contributed by atoms with van der Waals surface area (Å²) in [6, 6.07) is 11.1. The number of hydrogen-bond acceptors (Lipinski definition) is 4. The lowest BCUT2D eigenvalue weighted by molar-refractivity contribution is 0.0952. The van der Waals surface area contributed by atoms with Gasteiger partial charge in [-0.2, -0.15) is 5.10 Å². The molecule has 0 atom stereocenters. The van der Waals surface area contributed by atoms with Crippen LogP contribution < -0.4 is 14.8 Å². The Morgan fingerprint density at radius 2 is 2.00 bits per heavy atom. The molecule has 0 unspecified atom stereocenters. The first-order chi connectivity index (χ1) is 11.2. The lowest BCUT2D eigenvalue weighted by atomic mass is 10.1. The molecule has 1 heterocycles. The zero-order valence-electron chi connectivity index (χ0n) is 12.9. The van der Waals surface area contributed by atoms with Crippen molar-refractivity contribution in [1.29, 1.82) is 0 Å². The number of carbonyl (C=O) groups is 1. The molecule has 6 nitrogen and oxygen atoms in total. The minimum Gasteiger partial charge on any atom is -0.493 e. The summed E-state index contributed by atoms with van der Waals surface area (Å²) < 4.78 is 10.6. The van der Waals surface area contributed by atoms with Crippen LogP contribution in [0.15, 0.2) is 42.6 Å². The second-order valence-electron chi connectivity index (χ2n) is 4.98. The Morgan fingerprint density at radius 3 is 2.78 bits per heavy atom. The zero-order chi connectivity index (χ0) is 16.2. The fourth-order valence-electron chi connectivity index (χ4n) is 2.52. The highest BCUT2D eigenvalue weighted by molar-refractivity contribution is 6.05. The van der Waals surface area contributed by atoms with E-state index < -0.39 is 0 Å². The fourth-order valence-corrected chi connectivity index (χ4v) is 2.52. The highest BCUT2D eigenvalue weighted by atomic mass is 16.5. The minimum absolute atomic E-state index is 0.176. The highest BCUT2D eigenvalue weighted by Crippen LogP contribution is 2.30. The van der Waals surface area contributed by atoms with Crippen molar-refractivity contribution in [2.24, 2.45) is 0 Å². The van der Waals surface area contributed by atoms with E-state index in [9.17, 15) is 4.79 Å². The van der Waals surface area contributed by atoms with Crippen molar-refractivity contribution < 1.29 is 14.3 Å². The van der Waals surface area contributed by atoms with Gasteiger partial charge in [-0.1, -0.05) is 24.3 Å². The number of nitrogens with zero attached hydrogens (tertiary/aromatic N) is 1. The molecule has 0 saturated heterocycles. The summed E-state index contributed by atoms with van der Waals surface area (Å²) in [7, 11) is 3.16. The molecule has 0 bridgehead atoms. The van der Waals surface area contributed by atoms with Crippen LogP contribution in [0.2, 0.25) is 0 Å². The molecule has 23 heavy (non-hydrogen) atoms. The van der Waals surface area contributed by atoms with E-state index in [0.717, 1.165) is 16.5 Å². The lowest BCUT2D eigenvalue weighted by Crippen LogP contribution is -2.23. The van der Waals surface area contributed by atoms with Crippen LogP contribution in [0.4, 0.5) is 0 Å². The molecule has 1 aromatic heterocycles. The third kappa shape index (κ3) is 2.83. The molecule has 0 aliphatic carbocycles. The summed E-state index contributed by atoms with van der Waals surface area (Å²) >= 11 is 0. The van der Waals surface area contributed by atoms with Gasteiger partial charge in [0.25, 0.3) is 5.91 Å². The number of ether oxygens (including phenoxy) is 2. The molecule has 0 fully saturated rings. The van der Waals surface area contributed by atoms with Crippen LogP contribution in [-0.2, 0) is 6.54 Å². The number of fused-ring (bicyclic) bond motifs is 1. The smallest absolute Gasteiger partial charge is 0.253 e. The maximum Gasteiger partial charge on any atom is 0.253 e. The molecule has 118 valence electrons. The fraction of sp³-hybridized carbons (Fsp3) is 0.176. The van der Waals surface area contributed by atoms with E-state index in [1.165, 1.54) is 0 Å². The number of H-pyrrole nitrogens is 1. The first-order valence-corrected chi connectivity index (χ1v) is 7.14. The van der Waals surface area contributed by atoms with Crippen LogP contribution in [0.3, 0.4) is 0 Å². The monoisotopic (exact) mass is 311 g/mol. The molecule has 0 radical (unpaired) electrons. The standard InChI is InChI=1S/C17H17N3O3/c1-22-14-8-4-6-12(16(14)23-2)9-18-17(21)13-7-3-5-11-10-19-20-15(11)13/h3-8,10H,9H2,1-2H3,(H,18,21)(H,19,20). The van der Waals surface area contributed by atoms with Crippen molar-refractivity contribution in [3.05, 3.63) is 53.7 Å². The van der Waals surface area contributed by atoms with E-state index in [-0.39, 0.29) is 5.91 Å². The highest BCUT2D eigenvalue weighted by Gasteiger charge is 2.13. The number of methoxy groups -OCH3 is 2. The number of aromatic nitrogens is 2. The first-order valence-electron chi connectivity index (χ1n) is 7.14. The summed E-state index contributed by atoms with van der Waals surface area (Å²) in [5.74, 6) is 1.08. The number of nitrogens with one attached hydrogen (secondary N) is 2. The predicted octanol–water partition coefficient (Wildman–Crippen LogP) is 2.51. The van der Waals surface area contributed by atoms with Crippen molar-refractivity contribution in [2.45, 2.75) is 6.54 Å². The number of benzene rings is 2. The number of amides is 1. The Balaban J connectivity index is 1.81. The number of para-hydroxylation sites is 2. The van der Waals surface area contributed by atoms with E-state index >= 15 is 0 Å². The lowest BCUT2D eigenvalue weighted by Gasteiger charge is -2.13. The van der Waals surface area contributed by atoms with Gasteiger partial charge in [0.05, 0.1) is 31.5 Å². The molecule has 3 aromatic rings. The topological polar surface area (TPSA) is 76.2 Å². The van der Waals surface area contributed by atoms with Gasteiger partial charge in [-0.15, -0.1) is 0 Å². The van der Waals surface area contributed by atoms with Gasteiger partial charge in [-0.25, -0.2) is 0 Å². The van der Waals surface area contributed by atoms with Gasteiger partial charge in [-0.3, -0.25) is 9.89 Å².